The first-order valence-electron chi connectivity index (χ1n) is 3.38. The third kappa shape index (κ3) is 4.39. The summed E-state index contributed by atoms with van der Waals surface area (Å²) in [6.45, 7) is 7.78. The summed E-state index contributed by atoms with van der Waals surface area (Å²) in [4.78, 5) is 0. The molecule has 0 aliphatic carbocycles. The smallest absolute Gasteiger partial charge is 0.0363 e. The lowest BCUT2D eigenvalue weighted by molar-refractivity contribution is 1.16. The van der Waals surface area contributed by atoms with E-state index in [1.54, 1.807) is 0 Å². The van der Waals surface area contributed by atoms with Crippen LogP contribution in [0.25, 0.3) is 0 Å². The van der Waals surface area contributed by atoms with Crippen molar-refractivity contribution < 1.29 is 0 Å². The fourth-order valence-corrected chi connectivity index (χ4v) is 0.475. The zero-order valence-corrected chi connectivity index (χ0v) is 7.28. The van der Waals surface area contributed by atoms with Crippen LogP contribution >= 0.6 is 11.6 Å². The molecular formula is C9H13Cl. The van der Waals surface area contributed by atoms with Crippen LogP contribution in [0, 0.1) is 0 Å². The number of hydrogen-bond acceptors (Lipinski definition) is 0. The van der Waals surface area contributed by atoms with Crippen molar-refractivity contribution in [3.05, 3.63) is 35.4 Å². The lowest BCUT2D eigenvalue weighted by atomic mass is 10.2. The summed E-state index contributed by atoms with van der Waals surface area (Å²) in [5.74, 6) is 0. The van der Waals surface area contributed by atoms with E-state index in [-0.39, 0.29) is 0 Å². The molecule has 0 aliphatic rings. The average Bonchev–Trinajstić information content (AvgIpc) is 1.99. The van der Waals surface area contributed by atoms with Gasteiger partial charge in [0.05, 0.1) is 0 Å². The fraction of sp³-hybridized carbons (Fsp3) is 0.333. The molecule has 0 spiro atoms. The first-order valence-corrected chi connectivity index (χ1v) is 3.76. The highest BCUT2D eigenvalue weighted by Crippen LogP contribution is 2.05. The molecule has 0 N–H and O–H groups in total. The van der Waals surface area contributed by atoms with Crippen LogP contribution in [-0.4, -0.2) is 0 Å². The predicted octanol–water partition coefficient (Wildman–Crippen LogP) is 3.65. The first-order chi connectivity index (χ1) is 4.70. The van der Waals surface area contributed by atoms with E-state index in [1.165, 1.54) is 0 Å². The standard InChI is InChI=1S/C9H13Cl/c1-4-8(3)6-7-9(10)5-2/h5-7H,3-4H2,1-2H3/b7-6-,9-5+. The largest absolute Gasteiger partial charge is 0.0958 e. The Balaban J connectivity index is 3.88. The second-order valence-corrected chi connectivity index (χ2v) is 2.46. The van der Waals surface area contributed by atoms with E-state index in [4.69, 9.17) is 11.6 Å². The van der Waals surface area contributed by atoms with Crippen molar-refractivity contribution in [1.29, 1.82) is 0 Å². The molecule has 0 amide bonds. The van der Waals surface area contributed by atoms with Crippen molar-refractivity contribution in [2.24, 2.45) is 0 Å². The van der Waals surface area contributed by atoms with Crippen molar-refractivity contribution in [2.75, 3.05) is 0 Å². The lowest BCUT2D eigenvalue weighted by Gasteiger charge is -1.89. The molecule has 1 heteroatoms. The predicted molar refractivity (Wildman–Crippen MR) is 48.2 cm³/mol. The summed E-state index contributed by atoms with van der Waals surface area (Å²) in [6.07, 6.45) is 6.61. The molecule has 0 nitrogen and oxygen atoms in total. The third-order valence-electron chi connectivity index (χ3n) is 1.21. The Morgan fingerprint density at radius 2 is 2.10 bits per heavy atom. The quantitative estimate of drug-likeness (QED) is 0.548. The third-order valence-corrected chi connectivity index (χ3v) is 1.55. The summed E-state index contributed by atoms with van der Waals surface area (Å²) in [5, 5.41) is 0.759. The Morgan fingerprint density at radius 1 is 1.50 bits per heavy atom. The summed E-state index contributed by atoms with van der Waals surface area (Å²) in [5.41, 5.74) is 1.10. The molecule has 0 heterocycles. The molecule has 0 rings (SSSR count). The molecule has 0 aromatic rings. The van der Waals surface area contributed by atoms with Crippen LogP contribution in [0.5, 0.6) is 0 Å². The summed E-state index contributed by atoms with van der Waals surface area (Å²) >= 11 is 5.70. The van der Waals surface area contributed by atoms with Crippen LogP contribution in [0.2, 0.25) is 0 Å². The molecule has 0 aromatic heterocycles. The van der Waals surface area contributed by atoms with Gasteiger partial charge in [-0.2, -0.15) is 0 Å². The molecule has 0 aliphatic heterocycles. The molecule has 56 valence electrons. The molecule has 0 fully saturated rings. The van der Waals surface area contributed by atoms with E-state index in [0.717, 1.165) is 17.0 Å². The molecule has 10 heavy (non-hydrogen) atoms. The Kier molecular flexibility index (Phi) is 5.05. The number of halogens is 1. The van der Waals surface area contributed by atoms with Gasteiger partial charge in [0.2, 0.25) is 0 Å². The van der Waals surface area contributed by atoms with Gasteiger partial charge in [-0.05, 0) is 19.4 Å². The molecule has 0 aromatic carbocycles. The average molecular weight is 157 g/mol. The fourth-order valence-electron chi connectivity index (χ4n) is 0.412. The second-order valence-electron chi connectivity index (χ2n) is 2.02. The minimum atomic E-state index is 0.759. The van der Waals surface area contributed by atoms with Crippen LogP contribution in [-0.2, 0) is 0 Å². The minimum absolute atomic E-state index is 0.759. The SMILES string of the molecule is C=C(/C=C\C(Cl)=C/C)CC. The van der Waals surface area contributed by atoms with E-state index in [0.29, 0.717) is 0 Å². The highest BCUT2D eigenvalue weighted by atomic mass is 35.5. The maximum atomic E-state index is 5.70. The van der Waals surface area contributed by atoms with Gasteiger partial charge in [0.15, 0.2) is 0 Å². The topological polar surface area (TPSA) is 0 Å². The van der Waals surface area contributed by atoms with Crippen LogP contribution in [0.3, 0.4) is 0 Å². The van der Waals surface area contributed by atoms with Gasteiger partial charge in [-0.25, -0.2) is 0 Å². The Morgan fingerprint density at radius 3 is 2.50 bits per heavy atom. The summed E-state index contributed by atoms with van der Waals surface area (Å²) in [6, 6.07) is 0. The zero-order valence-electron chi connectivity index (χ0n) is 6.52. The van der Waals surface area contributed by atoms with Crippen molar-refractivity contribution in [3.8, 4) is 0 Å². The molecule has 0 saturated heterocycles. The van der Waals surface area contributed by atoms with Gasteiger partial charge in [-0.15, -0.1) is 0 Å². The second kappa shape index (κ2) is 5.31. The number of hydrogen-bond donors (Lipinski definition) is 0. The van der Waals surface area contributed by atoms with Crippen LogP contribution in [0.4, 0.5) is 0 Å². The number of rotatable bonds is 3. The van der Waals surface area contributed by atoms with E-state index >= 15 is 0 Å². The normalized spacial score (nSPS) is 12.5. The molecule has 0 atom stereocenters. The first kappa shape index (κ1) is 9.51. The van der Waals surface area contributed by atoms with Gasteiger partial charge in [0.1, 0.15) is 0 Å². The molecule has 0 unspecified atom stereocenters. The molecule has 0 bridgehead atoms. The van der Waals surface area contributed by atoms with Gasteiger partial charge in [0, 0.05) is 5.03 Å². The van der Waals surface area contributed by atoms with Gasteiger partial charge in [-0.1, -0.05) is 42.8 Å². The van der Waals surface area contributed by atoms with Crippen molar-refractivity contribution >= 4 is 11.6 Å². The van der Waals surface area contributed by atoms with Crippen LogP contribution in [0.1, 0.15) is 20.3 Å². The van der Waals surface area contributed by atoms with Gasteiger partial charge >= 0.3 is 0 Å². The van der Waals surface area contributed by atoms with E-state index in [1.807, 2.05) is 25.2 Å². The zero-order chi connectivity index (χ0) is 7.98. The van der Waals surface area contributed by atoms with Crippen molar-refractivity contribution in [2.45, 2.75) is 20.3 Å². The molecule has 0 radical (unpaired) electrons. The lowest BCUT2D eigenvalue weighted by Crippen LogP contribution is -1.68. The van der Waals surface area contributed by atoms with Crippen molar-refractivity contribution in [1.82, 2.24) is 0 Å². The Labute approximate surface area is 67.9 Å². The Hall–Kier alpha value is -0.490. The summed E-state index contributed by atoms with van der Waals surface area (Å²) < 4.78 is 0. The van der Waals surface area contributed by atoms with Gasteiger partial charge < -0.3 is 0 Å². The summed E-state index contributed by atoms with van der Waals surface area (Å²) in [7, 11) is 0. The maximum Gasteiger partial charge on any atom is 0.0363 e. The highest BCUT2D eigenvalue weighted by Gasteiger charge is 1.82. The highest BCUT2D eigenvalue weighted by molar-refractivity contribution is 6.31. The van der Waals surface area contributed by atoms with E-state index < -0.39 is 0 Å². The Bertz CT molecular complexity index is 164. The molecule has 0 saturated carbocycles. The monoisotopic (exact) mass is 156 g/mol. The van der Waals surface area contributed by atoms with Gasteiger partial charge in [0.25, 0.3) is 0 Å². The minimum Gasteiger partial charge on any atom is -0.0958 e. The van der Waals surface area contributed by atoms with Crippen LogP contribution in [0.15, 0.2) is 35.4 Å². The van der Waals surface area contributed by atoms with Crippen LogP contribution < -0.4 is 0 Å². The molecular weight excluding hydrogens is 144 g/mol. The van der Waals surface area contributed by atoms with Gasteiger partial charge in [-0.3, -0.25) is 0 Å². The maximum absolute atomic E-state index is 5.70. The van der Waals surface area contributed by atoms with Crippen molar-refractivity contribution in [3.63, 3.8) is 0 Å². The number of allylic oxidation sites excluding steroid dienone is 5. The van der Waals surface area contributed by atoms with E-state index in [9.17, 15) is 0 Å². The van der Waals surface area contributed by atoms with E-state index in [2.05, 4.69) is 13.5 Å².